The van der Waals surface area contributed by atoms with E-state index in [9.17, 15) is 10.1 Å². The van der Waals surface area contributed by atoms with Crippen LogP contribution in [0.5, 0.6) is 0 Å². The minimum Gasteiger partial charge on any atom is -0.370 e. The third-order valence-electron chi connectivity index (χ3n) is 4.77. The lowest BCUT2D eigenvalue weighted by atomic mass is 9.89. The van der Waals surface area contributed by atoms with Crippen LogP contribution in [-0.4, -0.2) is 47.6 Å². The van der Waals surface area contributed by atoms with Crippen molar-refractivity contribution in [1.82, 2.24) is 9.88 Å². The number of pyridine rings is 1. The summed E-state index contributed by atoms with van der Waals surface area (Å²) < 4.78 is 6.45. The van der Waals surface area contributed by atoms with Gasteiger partial charge >= 0.3 is 0 Å². The van der Waals surface area contributed by atoms with E-state index in [0.29, 0.717) is 36.3 Å². The van der Waals surface area contributed by atoms with Gasteiger partial charge in [0, 0.05) is 45.1 Å². The Bertz CT molecular complexity index is 770. The van der Waals surface area contributed by atoms with Gasteiger partial charge in [-0.1, -0.05) is 12.2 Å². The maximum atomic E-state index is 11.5. The summed E-state index contributed by atoms with van der Waals surface area (Å²) in [6, 6.07) is 2.25. The van der Waals surface area contributed by atoms with Crippen LogP contribution in [0.1, 0.15) is 37.5 Å². The molecule has 0 unspecified atom stereocenters. The second-order valence-corrected chi connectivity index (χ2v) is 7.37. The van der Waals surface area contributed by atoms with Gasteiger partial charge < -0.3 is 19.5 Å². The van der Waals surface area contributed by atoms with Crippen molar-refractivity contribution in [2.75, 3.05) is 31.1 Å². The van der Waals surface area contributed by atoms with Gasteiger partial charge in [0.05, 0.1) is 17.8 Å². The number of rotatable bonds is 1. The molecular formula is C17H22N4O2S. The van der Waals surface area contributed by atoms with Crippen LogP contribution in [0.25, 0.3) is 0 Å². The van der Waals surface area contributed by atoms with Gasteiger partial charge in [-0.05, 0) is 19.4 Å². The number of aromatic amines is 1. The number of ether oxygens (including phenoxy) is 1. The van der Waals surface area contributed by atoms with E-state index in [2.05, 4.69) is 16.0 Å². The van der Waals surface area contributed by atoms with Gasteiger partial charge in [-0.3, -0.25) is 4.79 Å². The van der Waals surface area contributed by atoms with Crippen molar-refractivity contribution in [3.63, 3.8) is 0 Å². The molecule has 1 aromatic heterocycles. The van der Waals surface area contributed by atoms with E-state index in [1.165, 1.54) is 0 Å². The van der Waals surface area contributed by atoms with Gasteiger partial charge in [-0.15, -0.1) is 0 Å². The van der Waals surface area contributed by atoms with E-state index >= 15 is 0 Å². The summed E-state index contributed by atoms with van der Waals surface area (Å²) in [5.74, 6) is 1.04. The maximum absolute atomic E-state index is 11.5. The zero-order chi connectivity index (χ0) is 17.5. The van der Waals surface area contributed by atoms with E-state index in [4.69, 9.17) is 17.0 Å². The molecule has 1 fully saturated rings. The van der Waals surface area contributed by atoms with Crippen LogP contribution in [0.4, 0.5) is 5.82 Å². The third kappa shape index (κ3) is 3.04. The smallest absolute Gasteiger partial charge is 0.219 e. The van der Waals surface area contributed by atoms with Crippen LogP contribution in [0, 0.1) is 16.0 Å². The molecule has 1 amide bonds. The van der Waals surface area contributed by atoms with Crippen LogP contribution in [0.3, 0.4) is 0 Å². The molecular weight excluding hydrogens is 324 g/mol. The fourth-order valence-corrected chi connectivity index (χ4v) is 3.67. The number of carbonyl (C=O) groups is 1. The largest absolute Gasteiger partial charge is 0.370 e. The van der Waals surface area contributed by atoms with Gasteiger partial charge in [0.25, 0.3) is 0 Å². The van der Waals surface area contributed by atoms with Crippen LogP contribution in [0.15, 0.2) is 0 Å². The molecule has 0 aliphatic carbocycles. The van der Waals surface area contributed by atoms with Crippen LogP contribution < -0.4 is 4.90 Å². The Labute approximate surface area is 147 Å². The van der Waals surface area contributed by atoms with Crippen molar-refractivity contribution in [3.8, 4) is 6.07 Å². The fraction of sp³-hybridized carbons (Fsp3) is 0.588. The third-order valence-corrected chi connectivity index (χ3v) is 5.08. The zero-order valence-electron chi connectivity index (χ0n) is 14.3. The Morgan fingerprint density at radius 3 is 2.54 bits per heavy atom. The average Bonchev–Trinajstić information content (AvgIpc) is 2.53. The molecule has 1 N–H and O–H groups in total. The Morgan fingerprint density at radius 2 is 1.96 bits per heavy atom. The first-order valence-electron chi connectivity index (χ1n) is 8.15. The predicted molar refractivity (Wildman–Crippen MR) is 93.4 cm³/mol. The van der Waals surface area contributed by atoms with Gasteiger partial charge in [-0.2, -0.15) is 5.26 Å². The number of piperazine rings is 1. The second kappa shape index (κ2) is 6.19. The van der Waals surface area contributed by atoms with Crippen molar-refractivity contribution in [3.05, 3.63) is 21.3 Å². The topological polar surface area (TPSA) is 72.4 Å². The highest BCUT2D eigenvalue weighted by molar-refractivity contribution is 7.71. The van der Waals surface area contributed by atoms with Crippen molar-refractivity contribution in [2.24, 2.45) is 0 Å². The number of anilines is 1. The number of nitrogens with one attached hydrogen (secondary N) is 1. The molecule has 0 bridgehead atoms. The lowest BCUT2D eigenvalue weighted by molar-refractivity contribution is -0.129. The lowest BCUT2D eigenvalue weighted by Gasteiger charge is -2.39. The summed E-state index contributed by atoms with van der Waals surface area (Å²) in [6.45, 7) is 8.99. The first-order valence-corrected chi connectivity index (χ1v) is 8.56. The molecule has 24 heavy (non-hydrogen) atoms. The van der Waals surface area contributed by atoms with E-state index in [1.807, 2.05) is 18.7 Å². The number of nitrogens with zero attached hydrogens (tertiary/aromatic N) is 3. The number of fused-ring (bicyclic) bond motifs is 1. The molecule has 6 nitrogen and oxygen atoms in total. The zero-order valence-corrected chi connectivity index (χ0v) is 15.1. The molecule has 0 spiro atoms. The van der Waals surface area contributed by atoms with Crippen molar-refractivity contribution >= 4 is 23.9 Å². The van der Waals surface area contributed by atoms with Gasteiger partial charge in [0.15, 0.2) is 0 Å². The molecule has 1 aromatic rings. The van der Waals surface area contributed by atoms with Gasteiger partial charge in [0.1, 0.15) is 16.5 Å². The maximum Gasteiger partial charge on any atom is 0.219 e. The fourth-order valence-electron chi connectivity index (χ4n) is 3.40. The summed E-state index contributed by atoms with van der Waals surface area (Å²) in [4.78, 5) is 18.8. The number of H-pyrrole nitrogens is 1. The summed E-state index contributed by atoms with van der Waals surface area (Å²) in [5.41, 5.74) is 2.28. The molecule has 7 heteroatoms. The highest BCUT2D eigenvalue weighted by Gasteiger charge is 2.32. The van der Waals surface area contributed by atoms with E-state index < -0.39 is 0 Å². The van der Waals surface area contributed by atoms with Gasteiger partial charge in [0.2, 0.25) is 5.91 Å². The summed E-state index contributed by atoms with van der Waals surface area (Å²) in [7, 11) is 0. The standard InChI is InChI=1S/C17H22N4O2S/c1-11(22)20-4-6-21(7-5-20)15-14-10-23-17(2,3)8-12(14)13(9-18)16(24)19-15/h4-8,10H2,1-3H3,(H,19,24). The molecule has 3 heterocycles. The number of hydrogen-bond acceptors (Lipinski definition) is 5. The first-order chi connectivity index (χ1) is 11.3. The Morgan fingerprint density at radius 1 is 1.29 bits per heavy atom. The SMILES string of the molecule is CC(=O)N1CCN(c2[nH]c(=S)c(C#N)c3c2COC(C)(C)C3)CC1. The number of amides is 1. The lowest BCUT2D eigenvalue weighted by Crippen LogP contribution is -2.49. The van der Waals surface area contributed by atoms with E-state index in [1.54, 1.807) is 6.92 Å². The summed E-state index contributed by atoms with van der Waals surface area (Å²) >= 11 is 5.42. The molecule has 0 aromatic carbocycles. The summed E-state index contributed by atoms with van der Waals surface area (Å²) in [6.07, 6.45) is 0.671. The average molecular weight is 346 g/mol. The Balaban J connectivity index is 1.99. The molecule has 2 aliphatic rings. The van der Waals surface area contributed by atoms with E-state index in [0.717, 1.165) is 30.0 Å². The Kier molecular flexibility index (Phi) is 4.37. The van der Waals surface area contributed by atoms with Crippen molar-refractivity contribution in [2.45, 2.75) is 39.4 Å². The monoisotopic (exact) mass is 346 g/mol. The molecule has 2 aliphatic heterocycles. The molecule has 1 saturated heterocycles. The highest BCUT2D eigenvalue weighted by atomic mass is 32.1. The quantitative estimate of drug-likeness (QED) is 0.789. The number of nitriles is 1. The molecule has 3 rings (SSSR count). The highest BCUT2D eigenvalue weighted by Crippen LogP contribution is 2.35. The van der Waals surface area contributed by atoms with E-state index in [-0.39, 0.29) is 11.5 Å². The van der Waals surface area contributed by atoms with Gasteiger partial charge in [-0.25, -0.2) is 0 Å². The number of hydrogen-bond donors (Lipinski definition) is 1. The first kappa shape index (κ1) is 16.9. The molecule has 0 saturated carbocycles. The molecule has 0 radical (unpaired) electrons. The van der Waals surface area contributed by atoms with Crippen molar-refractivity contribution in [1.29, 1.82) is 5.26 Å². The minimum atomic E-state index is -0.299. The van der Waals surface area contributed by atoms with Crippen LogP contribution >= 0.6 is 12.2 Å². The predicted octanol–water partition coefficient (Wildman–Crippen LogP) is 2.14. The van der Waals surface area contributed by atoms with Crippen LogP contribution in [0.2, 0.25) is 0 Å². The molecule has 128 valence electrons. The summed E-state index contributed by atoms with van der Waals surface area (Å²) in [5, 5.41) is 9.51. The number of aromatic nitrogens is 1. The van der Waals surface area contributed by atoms with Crippen LogP contribution in [-0.2, 0) is 22.6 Å². The second-order valence-electron chi connectivity index (χ2n) is 6.96. The number of carbonyl (C=O) groups excluding carboxylic acids is 1. The normalized spacial score (nSPS) is 19.6. The minimum absolute atomic E-state index is 0.106. The molecule has 0 atom stereocenters. The van der Waals surface area contributed by atoms with Crippen molar-refractivity contribution < 1.29 is 9.53 Å². The Hall–Kier alpha value is -1.91.